The first kappa shape index (κ1) is 14.0. The lowest BCUT2D eigenvalue weighted by molar-refractivity contribution is 0.313. The quantitative estimate of drug-likeness (QED) is 0.628. The van der Waals surface area contributed by atoms with Crippen molar-refractivity contribution in [3.63, 3.8) is 0 Å². The van der Waals surface area contributed by atoms with Gasteiger partial charge in [-0.15, -0.1) is 0 Å². The van der Waals surface area contributed by atoms with Crippen LogP contribution in [-0.4, -0.2) is 12.6 Å². The maximum absolute atomic E-state index is 3.77. The van der Waals surface area contributed by atoms with Gasteiger partial charge in [-0.3, -0.25) is 0 Å². The van der Waals surface area contributed by atoms with E-state index in [1.165, 1.54) is 70.8 Å². The van der Waals surface area contributed by atoms with Gasteiger partial charge in [-0.1, -0.05) is 52.4 Å². The molecule has 1 nitrogen and oxygen atoms in total. The molecule has 96 valence electrons. The summed E-state index contributed by atoms with van der Waals surface area (Å²) in [5, 5.41) is 3.77. The summed E-state index contributed by atoms with van der Waals surface area (Å²) in [6.07, 6.45) is 14.2. The third-order valence-electron chi connectivity index (χ3n) is 4.01. The van der Waals surface area contributed by atoms with Gasteiger partial charge in [0.25, 0.3) is 0 Å². The van der Waals surface area contributed by atoms with Crippen molar-refractivity contribution in [3.05, 3.63) is 0 Å². The summed E-state index contributed by atoms with van der Waals surface area (Å²) >= 11 is 0. The third kappa shape index (κ3) is 5.34. The number of nitrogens with one attached hydrogen (secondary N) is 1. The van der Waals surface area contributed by atoms with Crippen molar-refractivity contribution >= 4 is 0 Å². The van der Waals surface area contributed by atoms with Crippen LogP contribution in [0.4, 0.5) is 0 Å². The van der Waals surface area contributed by atoms with E-state index >= 15 is 0 Å². The van der Waals surface area contributed by atoms with Crippen LogP contribution in [0.15, 0.2) is 0 Å². The number of unbranched alkanes of at least 4 members (excludes halogenated alkanes) is 3. The number of hydrogen-bond donors (Lipinski definition) is 1. The molecule has 1 heterocycles. The summed E-state index contributed by atoms with van der Waals surface area (Å²) in [5.74, 6) is 0.972. The fourth-order valence-electron chi connectivity index (χ4n) is 3.01. The molecule has 1 saturated heterocycles. The van der Waals surface area contributed by atoms with Crippen molar-refractivity contribution < 1.29 is 0 Å². The lowest BCUT2D eigenvalue weighted by atomic mass is 9.87. The van der Waals surface area contributed by atoms with Crippen molar-refractivity contribution in [2.24, 2.45) is 5.92 Å². The normalized spacial score (nSPS) is 26.6. The lowest BCUT2D eigenvalue weighted by Gasteiger charge is -2.25. The maximum Gasteiger partial charge on any atom is 0.00952 e. The van der Waals surface area contributed by atoms with Crippen molar-refractivity contribution in [2.75, 3.05) is 6.54 Å². The molecule has 0 spiro atoms. The Morgan fingerprint density at radius 2 is 1.81 bits per heavy atom. The zero-order valence-corrected chi connectivity index (χ0v) is 11.4. The van der Waals surface area contributed by atoms with E-state index in [0.717, 1.165) is 12.0 Å². The summed E-state index contributed by atoms with van der Waals surface area (Å²) < 4.78 is 0. The van der Waals surface area contributed by atoms with Gasteiger partial charge in [0.2, 0.25) is 0 Å². The Labute approximate surface area is 102 Å². The molecule has 0 aromatic carbocycles. The molecule has 2 unspecified atom stereocenters. The molecule has 0 aromatic rings. The van der Waals surface area contributed by atoms with Crippen LogP contribution in [0.5, 0.6) is 0 Å². The average Bonchev–Trinajstić information content (AvgIpc) is 2.51. The van der Waals surface area contributed by atoms with Crippen LogP contribution in [0.2, 0.25) is 0 Å². The molecule has 0 saturated carbocycles. The molecular weight excluding hydrogens is 194 g/mol. The molecule has 1 aliphatic heterocycles. The van der Waals surface area contributed by atoms with E-state index < -0.39 is 0 Å². The molecule has 2 atom stereocenters. The molecule has 1 aliphatic rings. The van der Waals surface area contributed by atoms with Crippen molar-refractivity contribution in [3.8, 4) is 0 Å². The van der Waals surface area contributed by atoms with Gasteiger partial charge in [-0.25, -0.2) is 0 Å². The SMILES string of the molecule is CCCCCCC1CCCCNC1CCC. The Bertz CT molecular complexity index is 156. The Morgan fingerprint density at radius 1 is 0.938 bits per heavy atom. The van der Waals surface area contributed by atoms with Crippen LogP contribution in [0.25, 0.3) is 0 Å². The van der Waals surface area contributed by atoms with Crippen LogP contribution in [0.1, 0.15) is 78.1 Å². The highest BCUT2D eigenvalue weighted by Crippen LogP contribution is 2.25. The first-order chi connectivity index (χ1) is 7.88. The highest BCUT2D eigenvalue weighted by atomic mass is 14.9. The minimum Gasteiger partial charge on any atom is -0.314 e. The second-order valence-electron chi connectivity index (χ2n) is 5.45. The van der Waals surface area contributed by atoms with Crippen molar-refractivity contribution in [1.82, 2.24) is 5.32 Å². The van der Waals surface area contributed by atoms with E-state index in [-0.39, 0.29) is 0 Å². The number of rotatable bonds is 7. The topological polar surface area (TPSA) is 12.0 Å². The molecule has 1 fully saturated rings. The first-order valence-corrected chi connectivity index (χ1v) is 7.61. The van der Waals surface area contributed by atoms with Gasteiger partial charge in [0.15, 0.2) is 0 Å². The van der Waals surface area contributed by atoms with Crippen LogP contribution >= 0.6 is 0 Å². The van der Waals surface area contributed by atoms with Gasteiger partial charge in [-0.05, 0) is 38.1 Å². The summed E-state index contributed by atoms with van der Waals surface area (Å²) in [4.78, 5) is 0. The second kappa shape index (κ2) is 9.04. The van der Waals surface area contributed by atoms with E-state index in [1.807, 2.05) is 0 Å². The summed E-state index contributed by atoms with van der Waals surface area (Å²) in [7, 11) is 0. The van der Waals surface area contributed by atoms with E-state index in [4.69, 9.17) is 0 Å². The monoisotopic (exact) mass is 225 g/mol. The van der Waals surface area contributed by atoms with Gasteiger partial charge in [0.1, 0.15) is 0 Å². The van der Waals surface area contributed by atoms with Gasteiger partial charge < -0.3 is 5.32 Å². The minimum absolute atomic E-state index is 0.828. The van der Waals surface area contributed by atoms with Crippen molar-refractivity contribution in [2.45, 2.75) is 84.1 Å². The molecule has 1 heteroatoms. The van der Waals surface area contributed by atoms with Gasteiger partial charge in [0.05, 0.1) is 0 Å². The Kier molecular flexibility index (Phi) is 7.92. The average molecular weight is 225 g/mol. The van der Waals surface area contributed by atoms with E-state index in [1.54, 1.807) is 0 Å². The van der Waals surface area contributed by atoms with Crippen molar-refractivity contribution in [1.29, 1.82) is 0 Å². The maximum atomic E-state index is 3.77. The summed E-state index contributed by atoms with van der Waals surface area (Å²) in [6.45, 7) is 5.88. The largest absolute Gasteiger partial charge is 0.314 e. The number of hydrogen-bond acceptors (Lipinski definition) is 1. The highest BCUT2D eigenvalue weighted by molar-refractivity contribution is 4.79. The second-order valence-corrected chi connectivity index (χ2v) is 5.45. The van der Waals surface area contributed by atoms with E-state index in [2.05, 4.69) is 19.2 Å². The van der Waals surface area contributed by atoms with Gasteiger partial charge >= 0.3 is 0 Å². The van der Waals surface area contributed by atoms with Gasteiger partial charge in [-0.2, -0.15) is 0 Å². The van der Waals surface area contributed by atoms with Gasteiger partial charge in [0, 0.05) is 6.04 Å². The highest BCUT2D eigenvalue weighted by Gasteiger charge is 2.21. The lowest BCUT2D eigenvalue weighted by Crippen LogP contribution is -2.34. The Morgan fingerprint density at radius 3 is 2.56 bits per heavy atom. The van der Waals surface area contributed by atoms with Crippen LogP contribution < -0.4 is 5.32 Å². The summed E-state index contributed by atoms with van der Waals surface area (Å²) in [5.41, 5.74) is 0. The van der Waals surface area contributed by atoms with Crippen LogP contribution in [-0.2, 0) is 0 Å². The Balaban J connectivity index is 2.26. The molecule has 16 heavy (non-hydrogen) atoms. The molecule has 0 aliphatic carbocycles. The summed E-state index contributed by atoms with van der Waals surface area (Å²) in [6, 6.07) is 0.828. The smallest absolute Gasteiger partial charge is 0.00952 e. The molecule has 0 radical (unpaired) electrons. The first-order valence-electron chi connectivity index (χ1n) is 7.61. The van der Waals surface area contributed by atoms with Crippen LogP contribution in [0, 0.1) is 5.92 Å². The third-order valence-corrected chi connectivity index (χ3v) is 4.01. The Hall–Kier alpha value is -0.0400. The fraction of sp³-hybridized carbons (Fsp3) is 1.00. The minimum atomic E-state index is 0.828. The fourth-order valence-corrected chi connectivity index (χ4v) is 3.01. The standard InChI is InChI=1S/C15H31N/c1-3-5-6-7-11-14-12-8-9-13-16-15(14)10-4-2/h14-16H,3-13H2,1-2H3. The zero-order valence-electron chi connectivity index (χ0n) is 11.4. The zero-order chi connectivity index (χ0) is 11.6. The molecular formula is C15H31N. The predicted molar refractivity (Wildman–Crippen MR) is 72.8 cm³/mol. The van der Waals surface area contributed by atoms with E-state index in [9.17, 15) is 0 Å². The molecule has 1 N–H and O–H groups in total. The van der Waals surface area contributed by atoms with Crippen LogP contribution in [0.3, 0.4) is 0 Å². The molecule has 0 amide bonds. The predicted octanol–water partition coefficient (Wildman–Crippen LogP) is 4.52. The molecule has 0 bridgehead atoms. The molecule has 1 rings (SSSR count). The molecule has 0 aromatic heterocycles. The van der Waals surface area contributed by atoms with E-state index in [0.29, 0.717) is 0 Å².